The first-order valence-electron chi connectivity index (χ1n) is 6.24. The number of piperidine rings is 1. The monoisotopic (exact) mass is 215 g/mol. The molecule has 0 saturated carbocycles. The van der Waals surface area contributed by atoms with Crippen molar-refractivity contribution in [3.8, 4) is 0 Å². The van der Waals surface area contributed by atoms with Crippen molar-refractivity contribution in [2.24, 2.45) is 0 Å². The lowest BCUT2D eigenvalue weighted by atomic mass is 10.0. The van der Waals surface area contributed by atoms with E-state index in [4.69, 9.17) is 0 Å². The van der Waals surface area contributed by atoms with E-state index in [9.17, 15) is 0 Å². The van der Waals surface area contributed by atoms with E-state index >= 15 is 0 Å². The Balaban J connectivity index is 1.82. The fourth-order valence-corrected chi connectivity index (χ4v) is 3.02. The summed E-state index contributed by atoms with van der Waals surface area (Å²) in [6, 6.07) is 0.836. The zero-order valence-corrected chi connectivity index (χ0v) is 10.4. The van der Waals surface area contributed by atoms with Gasteiger partial charge >= 0.3 is 0 Å². The Labute approximate surface area is 93.4 Å². The number of hydrogen-bond acceptors (Lipinski definition) is 2. The van der Waals surface area contributed by atoms with Crippen molar-refractivity contribution >= 4 is 11.8 Å². The molecular weight excluding hydrogens is 190 g/mol. The van der Waals surface area contributed by atoms with Crippen LogP contribution < -0.4 is 5.32 Å². The summed E-state index contributed by atoms with van der Waals surface area (Å²) in [5.41, 5.74) is 0. The van der Waals surface area contributed by atoms with Crippen molar-refractivity contribution in [3.63, 3.8) is 0 Å². The summed E-state index contributed by atoms with van der Waals surface area (Å²) < 4.78 is 0. The van der Waals surface area contributed by atoms with Crippen LogP contribution in [0.5, 0.6) is 0 Å². The average molecular weight is 215 g/mol. The second kappa shape index (κ2) is 8.60. The minimum Gasteiger partial charge on any atom is -0.314 e. The van der Waals surface area contributed by atoms with Crippen LogP contribution in [0.2, 0.25) is 0 Å². The molecule has 14 heavy (non-hydrogen) atoms. The van der Waals surface area contributed by atoms with Crippen LogP contribution >= 0.6 is 11.8 Å². The van der Waals surface area contributed by atoms with Crippen LogP contribution in [0.25, 0.3) is 0 Å². The van der Waals surface area contributed by atoms with Crippen molar-refractivity contribution in [3.05, 3.63) is 0 Å². The summed E-state index contributed by atoms with van der Waals surface area (Å²) in [6.07, 6.45) is 9.81. The lowest BCUT2D eigenvalue weighted by Crippen LogP contribution is -2.34. The number of rotatable bonds is 7. The first-order chi connectivity index (χ1) is 6.93. The molecule has 1 rings (SSSR count). The molecule has 1 N–H and O–H groups in total. The zero-order valence-electron chi connectivity index (χ0n) is 9.56. The molecule has 0 amide bonds. The molecule has 0 aliphatic carbocycles. The largest absolute Gasteiger partial charge is 0.314 e. The highest BCUT2D eigenvalue weighted by atomic mass is 32.2. The van der Waals surface area contributed by atoms with Gasteiger partial charge in [0.25, 0.3) is 0 Å². The third-order valence-electron chi connectivity index (χ3n) is 2.92. The van der Waals surface area contributed by atoms with Crippen molar-refractivity contribution < 1.29 is 0 Å². The standard InChI is InChI=1S/C12H25NS/c1-2-3-6-10-14-11-8-12-7-4-5-9-13-12/h12-13H,2-11H2,1H3. The van der Waals surface area contributed by atoms with Gasteiger partial charge in [0.15, 0.2) is 0 Å². The lowest BCUT2D eigenvalue weighted by molar-refractivity contribution is 0.395. The van der Waals surface area contributed by atoms with Crippen molar-refractivity contribution in [1.82, 2.24) is 5.32 Å². The Kier molecular flexibility index (Phi) is 7.61. The minimum atomic E-state index is 0.836. The molecular formula is C12H25NS. The second-order valence-corrected chi connectivity index (χ2v) is 5.48. The summed E-state index contributed by atoms with van der Waals surface area (Å²) in [5, 5.41) is 3.61. The fourth-order valence-electron chi connectivity index (χ4n) is 1.95. The van der Waals surface area contributed by atoms with Crippen LogP contribution in [0.1, 0.15) is 51.9 Å². The first-order valence-corrected chi connectivity index (χ1v) is 7.40. The summed E-state index contributed by atoms with van der Waals surface area (Å²) in [5.74, 6) is 2.74. The smallest absolute Gasteiger partial charge is 0.00749 e. The molecule has 0 aromatic rings. The molecule has 0 aromatic heterocycles. The molecule has 1 unspecified atom stereocenters. The fraction of sp³-hybridized carbons (Fsp3) is 1.00. The lowest BCUT2D eigenvalue weighted by Gasteiger charge is -2.23. The molecule has 0 radical (unpaired) electrons. The minimum absolute atomic E-state index is 0.836. The van der Waals surface area contributed by atoms with Crippen LogP contribution in [-0.4, -0.2) is 24.1 Å². The van der Waals surface area contributed by atoms with Gasteiger partial charge < -0.3 is 5.32 Å². The van der Waals surface area contributed by atoms with E-state index in [0.717, 1.165) is 6.04 Å². The Morgan fingerprint density at radius 3 is 2.86 bits per heavy atom. The van der Waals surface area contributed by atoms with Gasteiger partial charge in [-0.2, -0.15) is 11.8 Å². The number of hydrogen-bond donors (Lipinski definition) is 1. The van der Waals surface area contributed by atoms with Crippen LogP contribution in [0.3, 0.4) is 0 Å². The SMILES string of the molecule is CCCCCSCCC1CCCCN1. The maximum atomic E-state index is 3.61. The van der Waals surface area contributed by atoms with Crippen molar-refractivity contribution in [2.45, 2.75) is 57.9 Å². The summed E-state index contributed by atoms with van der Waals surface area (Å²) in [6.45, 7) is 3.53. The van der Waals surface area contributed by atoms with E-state index in [2.05, 4.69) is 24.0 Å². The molecule has 1 saturated heterocycles. The Morgan fingerprint density at radius 1 is 1.21 bits per heavy atom. The molecule has 1 atom stereocenters. The van der Waals surface area contributed by atoms with Crippen LogP contribution in [-0.2, 0) is 0 Å². The van der Waals surface area contributed by atoms with Gasteiger partial charge in [-0.1, -0.05) is 26.2 Å². The zero-order chi connectivity index (χ0) is 10.1. The molecule has 1 nitrogen and oxygen atoms in total. The van der Waals surface area contributed by atoms with E-state index in [1.807, 2.05) is 0 Å². The molecule has 1 heterocycles. The Hall–Kier alpha value is 0.310. The van der Waals surface area contributed by atoms with Crippen LogP contribution in [0, 0.1) is 0 Å². The maximum absolute atomic E-state index is 3.61. The molecule has 84 valence electrons. The van der Waals surface area contributed by atoms with Gasteiger partial charge in [-0.3, -0.25) is 0 Å². The molecule has 1 aliphatic rings. The van der Waals surface area contributed by atoms with Crippen molar-refractivity contribution in [1.29, 1.82) is 0 Å². The highest BCUT2D eigenvalue weighted by Gasteiger charge is 2.11. The number of thioether (sulfide) groups is 1. The van der Waals surface area contributed by atoms with Crippen molar-refractivity contribution in [2.75, 3.05) is 18.1 Å². The summed E-state index contributed by atoms with van der Waals surface area (Å²) >= 11 is 2.15. The van der Waals surface area contributed by atoms with Gasteiger partial charge in [-0.15, -0.1) is 0 Å². The average Bonchev–Trinajstić information content (AvgIpc) is 2.25. The molecule has 2 heteroatoms. The van der Waals surface area contributed by atoms with Gasteiger partial charge in [0, 0.05) is 6.04 Å². The van der Waals surface area contributed by atoms with E-state index in [-0.39, 0.29) is 0 Å². The highest BCUT2D eigenvalue weighted by molar-refractivity contribution is 7.99. The van der Waals surface area contributed by atoms with Gasteiger partial charge in [0.1, 0.15) is 0 Å². The van der Waals surface area contributed by atoms with Crippen LogP contribution in [0.4, 0.5) is 0 Å². The number of nitrogens with one attached hydrogen (secondary N) is 1. The normalized spacial score (nSPS) is 22.5. The van der Waals surface area contributed by atoms with Gasteiger partial charge in [0.05, 0.1) is 0 Å². The molecule has 0 spiro atoms. The predicted molar refractivity (Wildman–Crippen MR) is 67.1 cm³/mol. The quantitative estimate of drug-likeness (QED) is 0.653. The van der Waals surface area contributed by atoms with Gasteiger partial charge in [-0.25, -0.2) is 0 Å². The van der Waals surface area contributed by atoms with E-state index in [0.29, 0.717) is 0 Å². The summed E-state index contributed by atoms with van der Waals surface area (Å²) in [7, 11) is 0. The Bertz CT molecular complexity index is 121. The van der Waals surface area contributed by atoms with Gasteiger partial charge in [-0.05, 0) is 43.7 Å². The van der Waals surface area contributed by atoms with E-state index in [1.54, 1.807) is 0 Å². The van der Waals surface area contributed by atoms with Crippen LogP contribution in [0.15, 0.2) is 0 Å². The topological polar surface area (TPSA) is 12.0 Å². The third-order valence-corrected chi connectivity index (χ3v) is 4.02. The molecule has 0 aromatic carbocycles. The summed E-state index contributed by atoms with van der Waals surface area (Å²) in [4.78, 5) is 0. The first kappa shape index (κ1) is 12.4. The predicted octanol–water partition coefficient (Wildman–Crippen LogP) is 3.44. The highest BCUT2D eigenvalue weighted by Crippen LogP contribution is 2.14. The van der Waals surface area contributed by atoms with E-state index in [1.165, 1.54) is 63.0 Å². The third kappa shape index (κ3) is 5.92. The molecule has 0 bridgehead atoms. The number of unbranched alkanes of at least 4 members (excludes halogenated alkanes) is 2. The molecule has 1 fully saturated rings. The molecule has 1 aliphatic heterocycles. The maximum Gasteiger partial charge on any atom is 0.00749 e. The van der Waals surface area contributed by atoms with Gasteiger partial charge in [0.2, 0.25) is 0 Å². The second-order valence-electron chi connectivity index (χ2n) is 4.25. The Morgan fingerprint density at radius 2 is 2.14 bits per heavy atom. The van der Waals surface area contributed by atoms with E-state index < -0.39 is 0 Å².